The first kappa shape index (κ1) is 12.1. The van der Waals surface area contributed by atoms with Gasteiger partial charge in [-0.25, -0.2) is 0 Å². The molecule has 0 bridgehead atoms. The summed E-state index contributed by atoms with van der Waals surface area (Å²) in [6.07, 6.45) is 0.465. The molecule has 0 aliphatic carbocycles. The van der Waals surface area contributed by atoms with E-state index in [0.717, 1.165) is 31.7 Å². The fourth-order valence-electron chi connectivity index (χ4n) is 1.91. The first-order valence-electron chi connectivity index (χ1n) is 6.08. The number of hydrogen-bond acceptors (Lipinski definition) is 3. The normalized spacial score (nSPS) is 16.7. The van der Waals surface area contributed by atoms with Crippen LogP contribution in [0.25, 0.3) is 0 Å². The van der Waals surface area contributed by atoms with E-state index in [1.54, 1.807) is 0 Å². The van der Waals surface area contributed by atoms with Crippen molar-refractivity contribution in [2.45, 2.75) is 6.42 Å². The molecule has 4 nitrogen and oxygen atoms in total. The van der Waals surface area contributed by atoms with Crippen molar-refractivity contribution in [2.75, 3.05) is 32.8 Å². The second kappa shape index (κ2) is 6.37. The van der Waals surface area contributed by atoms with Gasteiger partial charge in [0.2, 0.25) is 5.91 Å². The van der Waals surface area contributed by atoms with Crippen molar-refractivity contribution in [3.63, 3.8) is 0 Å². The third-order valence-corrected chi connectivity index (χ3v) is 2.92. The minimum absolute atomic E-state index is 0.0923. The zero-order valence-electron chi connectivity index (χ0n) is 9.98. The quantitative estimate of drug-likeness (QED) is 0.781. The highest BCUT2D eigenvalue weighted by molar-refractivity contribution is 5.78. The minimum Gasteiger partial charge on any atom is -0.343 e. The van der Waals surface area contributed by atoms with E-state index in [1.807, 2.05) is 30.3 Å². The Bertz CT molecular complexity index is 347. The third kappa shape index (κ3) is 4.17. The molecule has 2 rings (SSSR count). The van der Waals surface area contributed by atoms with Crippen LogP contribution in [-0.4, -0.2) is 43.7 Å². The molecule has 1 aliphatic heterocycles. The molecule has 92 valence electrons. The van der Waals surface area contributed by atoms with Crippen LogP contribution in [0.4, 0.5) is 0 Å². The molecular weight excluding hydrogens is 214 g/mol. The first-order chi connectivity index (χ1) is 8.34. The molecule has 1 heterocycles. The summed E-state index contributed by atoms with van der Waals surface area (Å²) >= 11 is 0. The summed E-state index contributed by atoms with van der Waals surface area (Å²) in [4.78, 5) is 14.0. The SMILES string of the molecule is O=C(Cc1ccccc1)NCN1CCNCC1. The van der Waals surface area contributed by atoms with E-state index >= 15 is 0 Å². The number of carbonyl (C=O) groups is 1. The van der Waals surface area contributed by atoms with Gasteiger partial charge >= 0.3 is 0 Å². The first-order valence-corrected chi connectivity index (χ1v) is 6.08. The maximum absolute atomic E-state index is 11.7. The minimum atomic E-state index is 0.0923. The average Bonchev–Trinajstić information content (AvgIpc) is 2.39. The summed E-state index contributed by atoms with van der Waals surface area (Å²) in [5.41, 5.74) is 1.06. The molecule has 1 aliphatic rings. The van der Waals surface area contributed by atoms with Crippen molar-refractivity contribution in [3.05, 3.63) is 35.9 Å². The number of piperazine rings is 1. The Hall–Kier alpha value is -1.39. The summed E-state index contributed by atoms with van der Waals surface area (Å²) < 4.78 is 0. The molecule has 0 unspecified atom stereocenters. The largest absolute Gasteiger partial charge is 0.343 e. The Morgan fingerprint density at radius 3 is 2.65 bits per heavy atom. The fraction of sp³-hybridized carbons (Fsp3) is 0.462. The lowest BCUT2D eigenvalue weighted by molar-refractivity contribution is -0.121. The highest BCUT2D eigenvalue weighted by Gasteiger charge is 2.10. The van der Waals surface area contributed by atoms with Crippen LogP contribution in [0.15, 0.2) is 30.3 Å². The molecule has 4 heteroatoms. The van der Waals surface area contributed by atoms with Gasteiger partial charge in [0.15, 0.2) is 0 Å². The van der Waals surface area contributed by atoms with Crippen LogP contribution in [-0.2, 0) is 11.2 Å². The van der Waals surface area contributed by atoms with Gasteiger partial charge in [-0.15, -0.1) is 0 Å². The van der Waals surface area contributed by atoms with Gasteiger partial charge in [-0.3, -0.25) is 9.69 Å². The van der Waals surface area contributed by atoms with Crippen LogP contribution in [0.1, 0.15) is 5.56 Å². The molecule has 0 atom stereocenters. The van der Waals surface area contributed by atoms with E-state index in [2.05, 4.69) is 15.5 Å². The van der Waals surface area contributed by atoms with E-state index in [1.165, 1.54) is 0 Å². The maximum atomic E-state index is 11.7. The monoisotopic (exact) mass is 233 g/mol. The summed E-state index contributed by atoms with van der Waals surface area (Å²) in [5, 5.41) is 6.25. The van der Waals surface area contributed by atoms with Crippen LogP contribution in [0.2, 0.25) is 0 Å². The second-order valence-corrected chi connectivity index (χ2v) is 4.29. The van der Waals surface area contributed by atoms with E-state index in [0.29, 0.717) is 13.1 Å². The van der Waals surface area contributed by atoms with Crippen molar-refractivity contribution in [1.82, 2.24) is 15.5 Å². The predicted molar refractivity (Wildman–Crippen MR) is 67.6 cm³/mol. The number of nitrogens with zero attached hydrogens (tertiary/aromatic N) is 1. The van der Waals surface area contributed by atoms with Gasteiger partial charge in [-0.05, 0) is 5.56 Å². The average molecular weight is 233 g/mol. The molecule has 2 N–H and O–H groups in total. The van der Waals surface area contributed by atoms with Crippen LogP contribution in [0.5, 0.6) is 0 Å². The van der Waals surface area contributed by atoms with Crippen molar-refractivity contribution < 1.29 is 4.79 Å². The molecule has 1 aromatic rings. The number of nitrogens with one attached hydrogen (secondary N) is 2. The number of hydrogen-bond donors (Lipinski definition) is 2. The van der Waals surface area contributed by atoms with Crippen LogP contribution in [0.3, 0.4) is 0 Å². The highest BCUT2D eigenvalue weighted by atomic mass is 16.1. The van der Waals surface area contributed by atoms with Crippen molar-refractivity contribution in [1.29, 1.82) is 0 Å². The summed E-state index contributed by atoms with van der Waals surface area (Å²) in [7, 11) is 0. The Morgan fingerprint density at radius 1 is 1.24 bits per heavy atom. The van der Waals surface area contributed by atoms with E-state index < -0.39 is 0 Å². The second-order valence-electron chi connectivity index (χ2n) is 4.29. The van der Waals surface area contributed by atoms with Crippen molar-refractivity contribution in [2.24, 2.45) is 0 Å². The molecule has 0 saturated carbocycles. The molecule has 1 amide bonds. The van der Waals surface area contributed by atoms with Gasteiger partial charge in [-0.2, -0.15) is 0 Å². The number of benzene rings is 1. The van der Waals surface area contributed by atoms with Gasteiger partial charge in [0.25, 0.3) is 0 Å². The molecule has 1 aromatic carbocycles. The molecular formula is C13H19N3O. The zero-order valence-corrected chi connectivity index (χ0v) is 9.98. The lowest BCUT2D eigenvalue weighted by atomic mass is 10.1. The third-order valence-electron chi connectivity index (χ3n) is 2.92. The van der Waals surface area contributed by atoms with Crippen LogP contribution in [0, 0.1) is 0 Å². The van der Waals surface area contributed by atoms with Gasteiger partial charge in [0.1, 0.15) is 0 Å². The van der Waals surface area contributed by atoms with E-state index in [9.17, 15) is 4.79 Å². The van der Waals surface area contributed by atoms with Gasteiger partial charge in [0.05, 0.1) is 13.1 Å². The van der Waals surface area contributed by atoms with Gasteiger partial charge in [0, 0.05) is 26.2 Å². The summed E-state index contributed by atoms with van der Waals surface area (Å²) in [6.45, 7) is 4.69. The van der Waals surface area contributed by atoms with Crippen LogP contribution >= 0.6 is 0 Å². The van der Waals surface area contributed by atoms with Crippen molar-refractivity contribution >= 4 is 5.91 Å². The standard InChI is InChI=1S/C13H19N3O/c17-13(10-12-4-2-1-3-5-12)15-11-16-8-6-14-7-9-16/h1-5,14H,6-11H2,(H,15,17). The molecule has 17 heavy (non-hydrogen) atoms. The zero-order chi connectivity index (χ0) is 11.9. The maximum Gasteiger partial charge on any atom is 0.225 e. The van der Waals surface area contributed by atoms with E-state index in [-0.39, 0.29) is 5.91 Å². The predicted octanol–water partition coefficient (Wildman–Crippen LogP) is 0.208. The summed E-state index contributed by atoms with van der Waals surface area (Å²) in [5.74, 6) is 0.0923. The molecule has 1 fully saturated rings. The van der Waals surface area contributed by atoms with Gasteiger partial charge < -0.3 is 10.6 Å². The molecule has 0 radical (unpaired) electrons. The van der Waals surface area contributed by atoms with Crippen LogP contribution < -0.4 is 10.6 Å². The lowest BCUT2D eigenvalue weighted by Gasteiger charge is -2.27. The van der Waals surface area contributed by atoms with Gasteiger partial charge in [-0.1, -0.05) is 30.3 Å². The Morgan fingerprint density at radius 2 is 1.94 bits per heavy atom. The lowest BCUT2D eigenvalue weighted by Crippen LogP contribution is -2.48. The molecule has 1 saturated heterocycles. The topological polar surface area (TPSA) is 44.4 Å². The van der Waals surface area contributed by atoms with E-state index in [4.69, 9.17) is 0 Å². The number of rotatable bonds is 4. The molecule has 0 aromatic heterocycles. The Labute approximate surface area is 102 Å². The Balaban J connectivity index is 1.70. The van der Waals surface area contributed by atoms with Crippen molar-refractivity contribution in [3.8, 4) is 0 Å². The summed E-state index contributed by atoms with van der Waals surface area (Å²) in [6, 6.07) is 9.83. The fourth-order valence-corrected chi connectivity index (χ4v) is 1.91. The smallest absolute Gasteiger partial charge is 0.225 e. The Kier molecular flexibility index (Phi) is 4.53. The number of amides is 1. The molecule has 0 spiro atoms. The number of carbonyl (C=O) groups excluding carboxylic acids is 1. The highest BCUT2D eigenvalue weighted by Crippen LogP contribution is 1.99.